The van der Waals surface area contributed by atoms with Crippen molar-refractivity contribution in [2.75, 3.05) is 18.1 Å². The molecule has 4 aromatic rings. The predicted octanol–water partition coefficient (Wildman–Crippen LogP) is 7.36. The van der Waals surface area contributed by atoms with E-state index in [1.165, 1.54) is 34.1 Å². The molecular weight excluding hydrogens is 598 g/mol. The third kappa shape index (κ3) is 6.18. The number of amides is 1. The Labute approximate surface area is 256 Å². The van der Waals surface area contributed by atoms with Crippen LogP contribution in [0.5, 0.6) is 11.5 Å². The number of aliphatic hydroxyl groups excluding tert-OH is 1. The van der Waals surface area contributed by atoms with Crippen molar-refractivity contribution in [1.29, 1.82) is 0 Å². The number of Topliss-reactive ketones (excluding diaryl/α,β-unsaturated/α-hetero) is 1. The number of benzene rings is 2. The van der Waals surface area contributed by atoms with Crippen molar-refractivity contribution < 1.29 is 28.6 Å². The third-order valence-electron chi connectivity index (χ3n) is 6.34. The molecule has 1 amide bonds. The summed E-state index contributed by atoms with van der Waals surface area (Å²) in [7, 11) is 0. The summed E-state index contributed by atoms with van der Waals surface area (Å²) in [5.74, 6) is 0.113. The second kappa shape index (κ2) is 13.0. The van der Waals surface area contributed by atoms with E-state index in [2.05, 4.69) is 10.2 Å². The lowest BCUT2D eigenvalue weighted by molar-refractivity contribution is -0.117. The van der Waals surface area contributed by atoms with E-state index in [0.717, 1.165) is 12.0 Å². The molecule has 0 fully saturated rings. The molecule has 9 nitrogen and oxygen atoms in total. The topological polar surface area (TPSA) is 115 Å². The molecule has 12 heteroatoms. The molecular formula is C30H28ClN3O6S2. The smallest absolute Gasteiger partial charge is 0.296 e. The maximum Gasteiger partial charge on any atom is 0.296 e. The Morgan fingerprint density at radius 1 is 1.10 bits per heavy atom. The molecule has 0 radical (unpaired) electrons. The van der Waals surface area contributed by atoms with Gasteiger partial charge in [-0.2, -0.15) is 0 Å². The van der Waals surface area contributed by atoms with Crippen molar-refractivity contribution in [2.24, 2.45) is 0 Å². The van der Waals surface area contributed by atoms with E-state index in [1.54, 1.807) is 31.2 Å². The van der Waals surface area contributed by atoms with Crippen LogP contribution in [0.2, 0.25) is 5.02 Å². The van der Waals surface area contributed by atoms with E-state index in [1.807, 2.05) is 38.1 Å². The third-order valence-corrected chi connectivity index (χ3v) is 8.72. The van der Waals surface area contributed by atoms with Crippen LogP contribution in [0, 0.1) is 6.92 Å². The molecule has 2 aromatic carbocycles. The van der Waals surface area contributed by atoms with Crippen LogP contribution in [-0.2, 0) is 10.5 Å². The maximum atomic E-state index is 13.7. The minimum atomic E-state index is -1.02. The van der Waals surface area contributed by atoms with Crippen LogP contribution >= 0.6 is 34.7 Å². The van der Waals surface area contributed by atoms with E-state index >= 15 is 0 Å². The molecule has 0 saturated carbocycles. The highest BCUT2D eigenvalue weighted by Crippen LogP contribution is 2.45. The van der Waals surface area contributed by atoms with Gasteiger partial charge in [0.15, 0.2) is 27.4 Å². The molecule has 42 heavy (non-hydrogen) atoms. The van der Waals surface area contributed by atoms with Gasteiger partial charge in [-0.3, -0.25) is 14.5 Å². The zero-order valence-electron chi connectivity index (χ0n) is 23.1. The summed E-state index contributed by atoms with van der Waals surface area (Å²) < 4.78 is 17.9. The lowest BCUT2D eigenvalue weighted by Crippen LogP contribution is -2.31. The molecule has 1 aliphatic rings. The Balaban J connectivity index is 1.53. The second-order valence-corrected chi connectivity index (χ2v) is 11.9. The first-order valence-corrected chi connectivity index (χ1v) is 15.5. The van der Waals surface area contributed by atoms with Gasteiger partial charge < -0.3 is 19.0 Å². The van der Waals surface area contributed by atoms with Gasteiger partial charge >= 0.3 is 0 Å². The number of aliphatic hydroxyl groups is 1. The number of hydrogen-bond donors (Lipinski definition) is 1. The van der Waals surface area contributed by atoms with Crippen LogP contribution < -0.4 is 14.4 Å². The molecule has 218 valence electrons. The number of aromatic nitrogens is 2. The first-order chi connectivity index (χ1) is 20.3. The van der Waals surface area contributed by atoms with Gasteiger partial charge in [0.1, 0.15) is 5.76 Å². The molecule has 0 aliphatic carbocycles. The molecule has 1 atom stereocenters. The summed E-state index contributed by atoms with van der Waals surface area (Å²) >= 11 is 8.64. The number of nitrogens with zero attached hydrogens (tertiary/aromatic N) is 3. The molecule has 1 unspecified atom stereocenters. The van der Waals surface area contributed by atoms with Gasteiger partial charge in [0, 0.05) is 10.8 Å². The van der Waals surface area contributed by atoms with Crippen molar-refractivity contribution in [3.05, 3.63) is 93.6 Å². The van der Waals surface area contributed by atoms with Gasteiger partial charge in [0.25, 0.3) is 5.91 Å². The molecule has 1 N–H and O–H groups in total. The summed E-state index contributed by atoms with van der Waals surface area (Å²) in [4.78, 5) is 28.6. The lowest BCUT2D eigenvalue weighted by atomic mass is 9.95. The number of carbonyl (C=O) groups is 2. The fourth-order valence-electron chi connectivity index (χ4n) is 4.42. The minimum absolute atomic E-state index is 0.0121. The molecule has 0 saturated heterocycles. The molecule has 5 rings (SSSR count). The number of hydrogen-bond acceptors (Lipinski definition) is 10. The molecule has 2 aromatic heterocycles. The zero-order valence-corrected chi connectivity index (χ0v) is 25.5. The molecule has 3 heterocycles. The van der Waals surface area contributed by atoms with Crippen molar-refractivity contribution in [3.8, 4) is 11.5 Å². The highest BCUT2D eigenvalue weighted by atomic mass is 35.5. The monoisotopic (exact) mass is 625 g/mol. The van der Waals surface area contributed by atoms with E-state index in [9.17, 15) is 14.7 Å². The highest BCUT2D eigenvalue weighted by molar-refractivity contribution is 8.00. The Kier molecular flexibility index (Phi) is 9.20. The first kappa shape index (κ1) is 29.7. The Hall–Kier alpha value is -3.80. The first-order valence-electron chi connectivity index (χ1n) is 13.3. The summed E-state index contributed by atoms with van der Waals surface area (Å²) in [6.45, 7) is 6.44. The molecule has 0 spiro atoms. The second-order valence-electron chi connectivity index (χ2n) is 9.33. The number of ketones is 1. The van der Waals surface area contributed by atoms with Crippen LogP contribution in [0.4, 0.5) is 5.13 Å². The van der Waals surface area contributed by atoms with Crippen LogP contribution in [-0.4, -0.2) is 40.2 Å². The average molecular weight is 626 g/mol. The van der Waals surface area contributed by atoms with Crippen LogP contribution in [0.3, 0.4) is 0 Å². The molecule has 0 bridgehead atoms. The van der Waals surface area contributed by atoms with Crippen molar-refractivity contribution in [1.82, 2.24) is 10.2 Å². The number of aryl methyl sites for hydroxylation is 1. The zero-order chi connectivity index (χ0) is 29.8. The van der Waals surface area contributed by atoms with E-state index < -0.39 is 23.5 Å². The number of carbonyl (C=O) groups excluding carboxylic acids is 2. The van der Waals surface area contributed by atoms with Crippen LogP contribution in [0.1, 0.15) is 53.8 Å². The Bertz CT molecular complexity index is 1630. The standard InChI is InChI=1S/C30H28ClN3O6S2/c1-4-14-39-21-13-9-19(15-23(21)38-5-2)25-24(26(35)22-12-6-17(3)40-22)27(36)28(37)34(25)29-32-33-30(42-29)41-16-18-7-10-20(31)11-8-18/h6-13,15,25,36H,4-5,14,16H2,1-3H3. The summed E-state index contributed by atoms with van der Waals surface area (Å²) in [6.07, 6.45) is 0.811. The van der Waals surface area contributed by atoms with Gasteiger partial charge in [0.05, 0.1) is 24.8 Å². The van der Waals surface area contributed by atoms with Crippen LogP contribution in [0.25, 0.3) is 0 Å². The number of ether oxygens (including phenoxy) is 2. The predicted molar refractivity (Wildman–Crippen MR) is 162 cm³/mol. The van der Waals surface area contributed by atoms with Crippen molar-refractivity contribution in [2.45, 2.75) is 43.3 Å². The van der Waals surface area contributed by atoms with Gasteiger partial charge in [-0.05, 0) is 67.8 Å². The number of furan rings is 1. The molecule has 1 aliphatic heterocycles. The highest BCUT2D eigenvalue weighted by Gasteiger charge is 2.47. The van der Waals surface area contributed by atoms with Gasteiger partial charge in [0.2, 0.25) is 10.9 Å². The largest absolute Gasteiger partial charge is 0.503 e. The van der Waals surface area contributed by atoms with Gasteiger partial charge in [-0.15, -0.1) is 10.2 Å². The fraction of sp³-hybridized carbons (Fsp3) is 0.267. The van der Waals surface area contributed by atoms with Crippen molar-refractivity contribution >= 4 is 51.5 Å². The normalized spacial score (nSPS) is 15.0. The minimum Gasteiger partial charge on any atom is -0.503 e. The SMILES string of the molecule is CCCOc1ccc(C2C(C(=O)c3ccc(C)o3)=C(O)C(=O)N2c2nnc(SCc3ccc(Cl)cc3)s2)cc1OCC. The Morgan fingerprint density at radius 2 is 1.88 bits per heavy atom. The fourth-order valence-corrected chi connectivity index (χ4v) is 6.37. The summed E-state index contributed by atoms with van der Waals surface area (Å²) in [5, 5.41) is 20.5. The van der Waals surface area contributed by atoms with E-state index in [-0.39, 0.29) is 16.5 Å². The number of thioether (sulfide) groups is 1. The number of anilines is 1. The maximum absolute atomic E-state index is 13.7. The van der Waals surface area contributed by atoms with Gasteiger partial charge in [-0.25, -0.2) is 0 Å². The summed E-state index contributed by atoms with van der Waals surface area (Å²) in [5.41, 5.74) is 1.45. The number of rotatable bonds is 12. The quantitative estimate of drug-likeness (QED) is 0.0979. The lowest BCUT2D eigenvalue weighted by Gasteiger charge is -2.24. The van der Waals surface area contributed by atoms with Gasteiger partial charge in [-0.1, -0.05) is 59.8 Å². The average Bonchev–Trinajstić information content (AvgIpc) is 3.70. The Morgan fingerprint density at radius 3 is 2.57 bits per heavy atom. The van der Waals surface area contributed by atoms with Crippen molar-refractivity contribution in [3.63, 3.8) is 0 Å². The van der Waals surface area contributed by atoms with E-state index in [4.69, 9.17) is 25.5 Å². The number of halogens is 1. The summed E-state index contributed by atoms with van der Waals surface area (Å²) in [6, 6.07) is 14.8. The van der Waals surface area contributed by atoms with Crippen LogP contribution in [0.15, 0.2) is 74.7 Å². The van der Waals surface area contributed by atoms with E-state index in [0.29, 0.717) is 51.2 Å².